The van der Waals surface area contributed by atoms with Crippen molar-refractivity contribution in [1.82, 2.24) is 0 Å². The summed E-state index contributed by atoms with van der Waals surface area (Å²) in [6.07, 6.45) is 0.870. The van der Waals surface area contributed by atoms with Gasteiger partial charge in [-0.2, -0.15) is 0 Å². The Balaban J connectivity index is 1.71. The quantitative estimate of drug-likeness (QED) is 0.586. The number of carbonyl (C=O) groups excluding carboxylic acids is 1. The molecule has 146 valence electrons. The zero-order valence-corrected chi connectivity index (χ0v) is 17.5. The van der Waals surface area contributed by atoms with Crippen molar-refractivity contribution < 1.29 is 9.21 Å². The first-order chi connectivity index (χ1) is 13.4. The van der Waals surface area contributed by atoms with Gasteiger partial charge in [0.1, 0.15) is 5.58 Å². The zero-order valence-electron chi connectivity index (χ0n) is 16.7. The van der Waals surface area contributed by atoms with E-state index in [1.165, 1.54) is 17.8 Å². The summed E-state index contributed by atoms with van der Waals surface area (Å²) in [6.45, 7) is 8.12. The Bertz CT molecular complexity index is 1090. The van der Waals surface area contributed by atoms with Crippen molar-refractivity contribution in [3.63, 3.8) is 0 Å². The molecule has 1 aromatic heterocycles. The van der Waals surface area contributed by atoms with Gasteiger partial charge in [0.15, 0.2) is 0 Å². The molecule has 3 aromatic rings. The van der Waals surface area contributed by atoms with E-state index in [1.807, 2.05) is 51.1 Å². The minimum absolute atomic E-state index is 0.0340. The summed E-state index contributed by atoms with van der Waals surface area (Å²) in [5.74, 6) is 0.865. The summed E-state index contributed by atoms with van der Waals surface area (Å²) < 4.78 is 5.34. The number of hydrogen-bond acceptors (Lipinski definition) is 4. The smallest absolute Gasteiger partial charge is 0.336 e. The van der Waals surface area contributed by atoms with Crippen LogP contribution >= 0.6 is 11.8 Å². The molecule has 0 fully saturated rings. The molecule has 5 heteroatoms. The normalized spacial score (nSPS) is 11.0. The second-order valence-electron chi connectivity index (χ2n) is 7.03. The summed E-state index contributed by atoms with van der Waals surface area (Å²) in [5.41, 5.74) is 6.49. The molecule has 0 unspecified atom stereocenters. The second-order valence-corrected chi connectivity index (χ2v) is 8.01. The number of rotatable bonds is 6. The number of hydrogen-bond donors (Lipinski definition) is 1. The molecular formula is C23H25NO3S. The van der Waals surface area contributed by atoms with Gasteiger partial charge in [0.2, 0.25) is 5.91 Å². The van der Waals surface area contributed by atoms with Crippen molar-refractivity contribution in [3.05, 3.63) is 74.6 Å². The molecule has 0 aliphatic carbocycles. The third-order valence-corrected chi connectivity index (χ3v) is 5.92. The van der Waals surface area contributed by atoms with Crippen LogP contribution in [0, 0.1) is 20.8 Å². The average Bonchev–Trinajstić information content (AvgIpc) is 2.65. The fourth-order valence-corrected chi connectivity index (χ4v) is 4.05. The number of aryl methyl sites for hydroxylation is 4. The third-order valence-electron chi connectivity index (χ3n) is 4.94. The van der Waals surface area contributed by atoms with E-state index in [2.05, 4.69) is 12.2 Å². The van der Waals surface area contributed by atoms with E-state index < -0.39 is 0 Å². The first-order valence-electron chi connectivity index (χ1n) is 9.39. The minimum atomic E-state index is -0.358. The Morgan fingerprint density at radius 1 is 1.04 bits per heavy atom. The molecule has 0 aliphatic heterocycles. The summed E-state index contributed by atoms with van der Waals surface area (Å²) >= 11 is 1.49. The van der Waals surface area contributed by atoms with Crippen molar-refractivity contribution >= 4 is 34.3 Å². The Hall–Kier alpha value is -2.53. The highest BCUT2D eigenvalue weighted by Crippen LogP contribution is 2.25. The zero-order chi connectivity index (χ0) is 20.3. The monoisotopic (exact) mass is 395 g/mol. The van der Waals surface area contributed by atoms with Crippen LogP contribution in [0.4, 0.5) is 5.69 Å². The maximum absolute atomic E-state index is 12.4. The molecule has 2 aromatic carbocycles. The molecule has 4 nitrogen and oxygen atoms in total. The number of anilines is 1. The largest absolute Gasteiger partial charge is 0.423 e. The number of para-hydroxylation sites is 1. The molecule has 0 atom stereocenters. The topological polar surface area (TPSA) is 59.3 Å². The number of amides is 1. The van der Waals surface area contributed by atoms with Crippen LogP contribution in [0.5, 0.6) is 0 Å². The van der Waals surface area contributed by atoms with E-state index in [9.17, 15) is 9.59 Å². The first kappa shape index (κ1) is 20.2. The van der Waals surface area contributed by atoms with Crippen LogP contribution in [0.25, 0.3) is 11.0 Å². The summed E-state index contributed by atoms with van der Waals surface area (Å²) in [6, 6.07) is 11.5. The van der Waals surface area contributed by atoms with Gasteiger partial charge in [0, 0.05) is 22.9 Å². The summed E-state index contributed by atoms with van der Waals surface area (Å²) in [5, 5.41) is 3.97. The van der Waals surface area contributed by atoms with Crippen molar-refractivity contribution in [3.8, 4) is 0 Å². The lowest BCUT2D eigenvalue weighted by Gasteiger charge is -2.13. The molecule has 0 saturated heterocycles. The highest BCUT2D eigenvalue weighted by atomic mass is 32.2. The van der Waals surface area contributed by atoms with Gasteiger partial charge in [0.05, 0.1) is 5.75 Å². The van der Waals surface area contributed by atoms with Crippen LogP contribution in [0.2, 0.25) is 0 Å². The molecule has 0 saturated carbocycles. The minimum Gasteiger partial charge on any atom is -0.423 e. The maximum Gasteiger partial charge on any atom is 0.336 e. The van der Waals surface area contributed by atoms with Crippen LogP contribution < -0.4 is 10.9 Å². The maximum atomic E-state index is 12.4. The molecule has 1 heterocycles. The van der Waals surface area contributed by atoms with Gasteiger partial charge in [-0.05, 0) is 67.1 Å². The van der Waals surface area contributed by atoms with Crippen LogP contribution in [0.3, 0.4) is 0 Å². The molecule has 0 bridgehead atoms. The van der Waals surface area contributed by atoms with Gasteiger partial charge in [0.25, 0.3) is 0 Å². The van der Waals surface area contributed by atoms with Gasteiger partial charge in [-0.1, -0.05) is 25.1 Å². The van der Waals surface area contributed by atoms with Crippen LogP contribution in [0.15, 0.2) is 45.6 Å². The number of benzene rings is 2. The van der Waals surface area contributed by atoms with E-state index in [4.69, 9.17) is 4.42 Å². The molecule has 1 amide bonds. The van der Waals surface area contributed by atoms with Gasteiger partial charge < -0.3 is 9.73 Å². The molecule has 0 aliphatic rings. The lowest BCUT2D eigenvalue weighted by molar-refractivity contribution is -0.113. The standard InChI is InChI=1S/C23H25NO3S/c1-5-17-8-6-7-14(2)23(17)24-21(25)13-28-12-18-11-22(26)27-20-10-16(4)15(3)9-19(18)20/h6-11H,5,12-13H2,1-4H3,(H,24,25). The van der Waals surface area contributed by atoms with Crippen molar-refractivity contribution in [2.75, 3.05) is 11.1 Å². The third kappa shape index (κ3) is 4.47. The van der Waals surface area contributed by atoms with Crippen molar-refractivity contribution in [1.29, 1.82) is 0 Å². The molecule has 0 spiro atoms. The van der Waals surface area contributed by atoms with Gasteiger partial charge in [-0.15, -0.1) is 11.8 Å². The number of carbonyl (C=O) groups is 1. The average molecular weight is 396 g/mol. The van der Waals surface area contributed by atoms with Crippen molar-refractivity contribution in [2.45, 2.75) is 39.9 Å². The predicted molar refractivity (Wildman–Crippen MR) is 117 cm³/mol. The van der Waals surface area contributed by atoms with E-state index in [0.29, 0.717) is 17.1 Å². The summed E-state index contributed by atoms with van der Waals surface area (Å²) in [7, 11) is 0. The lowest BCUT2D eigenvalue weighted by Crippen LogP contribution is -2.16. The fraction of sp³-hybridized carbons (Fsp3) is 0.304. The van der Waals surface area contributed by atoms with E-state index in [0.717, 1.165) is 45.3 Å². The van der Waals surface area contributed by atoms with Crippen LogP contribution in [0.1, 0.15) is 34.7 Å². The molecule has 3 rings (SSSR count). The van der Waals surface area contributed by atoms with E-state index in [-0.39, 0.29) is 11.5 Å². The molecule has 28 heavy (non-hydrogen) atoms. The highest BCUT2D eigenvalue weighted by Gasteiger charge is 2.11. The fourth-order valence-electron chi connectivity index (χ4n) is 3.23. The van der Waals surface area contributed by atoms with Gasteiger partial charge >= 0.3 is 5.63 Å². The lowest BCUT2D eigenvalue weighted by atomic mass is 10.0. The second kappa shape index (κ2) is 8.65. The SMILES string of the molecule is CCc1cccc(C)c1NC(=O)CSCc1cc(=O)oc2cc(C)c(C)cc12. The molecule has 0 radical (unpaired) electrons. The highest BCUT2D eigenvalue weighted by molar-refractivity contribution is 7.99. The Morgan fingerprint density at radius 3 is 2.54 bits per heavy atom. The van der Waals surface area contributed by atoms with E-state index >= 15 is 0 Å². The summed E-state index contributed by atoms with van der Waals surface area (Å²) in [4.78, 5) is 24.3. The van der Waals surface area contributed by atoms with Crippen molar-refractivity contribution in [2.24, 2.45) is 0 Å². The molecule has 1 N–H and O–H groups in total. The number of fused-ring (bicyclic) bond motifs is 1. The van der Waals surface area contributed by atoms with Crippen LogP contribution in [-0.2, 0) is 17.0 Å². The van der Waals surface area contributed by atoms with Gasteiger partial charge in [-0.3, -0.25) is 4.79 Å². The predicted octanol–water partition coefficient (Wildman–Crippen LogP) is 5.15. The Kier molecular flexibility index (Phi) is 6.25. The molecular weight excluding hydrogens is 370 g/mol. The number of nitrogens with one attached hydrogen (secondary N) is 1. The van der Waals surface area contributed by atoms with E-state index in [1.54, 1.807) is 0 Å². The number of thioether (sulfide) groups is 1. The van der Waals surface area contributed by atoms with Gasteiger partial charge in [-0.25, -0.2) is 4.79 Å². The first-order valence-corrected chi connectivity index (χ1v) is 10.5. The van der Waals surface area contributed by atoms with Crippen LogP contribution in [-0.4, -0.2) is 11.7 Å². The Morgan fingerprint density at radius 2 is 1.79 bits per heavy atom. The Labute approximate surface area is 169 Å².